The van der Waals surface area contributed by atoms with Gasteiger partial charge in [0.05, 0.1) is 26.5 Å². The molecule has 0 saturated carbocycles. The van der Waals surface area contributed by atoms with Crippen molar-refractivity contribution < 1.29 is 9.90 Å². The van der Waals surface area contributed by atoms with Crippen LogP contribution in [0.2, 0.25) is 5.02 Å². The van der Waals surface area contributed by atoms with Gasteiger partial charge in [0.15, 0.2) is 0 Å². The van der Waals surface area contributed by atoms with Gasteiger partial charge in [-0.2, -0.15) is 0 Å². The largest absolute Gasteiger partial charge is 0.478 e. The highest BCUT2D eigenvalue weighted by Crippen LogP contribution is 2.35. The standard InChI is InChI=1S/C19H18ClN3O2S/c20-13-3-4-17-15(10-13)22-18(26-17)12-5-8-23(9-6-12)11-16-14(19(24)25)2-1-7-21-16/h1-4,7,10,12H,5-6,8-9,11H2,(H,24,25). The average Bonchev–Trinajstić information content (AvgIpc) is 3.05. The summed E-state index contributed by atoms with van der Waals surface area (Å²) in [7, 11) is 0. The van der Waals surface area contributed by atoms with E-state index >= 15 is 0 Å². The molecule has 1 aliphatic rings. The van der Waals surface area contributed by atoms with Gasteiger partial charge in [0.2, 0.25) is 0 Å². The smallest absolute Gasteiger partial charge is 0.337 e. The number of carboxylic acids is 1. The third kappa shape index (κ3) is 3.58. The molecule has 2 aromatic heterocycles. The summed E-state index contributed by atoms with van der Waals surface area (Å²) in [6, 6.07) is 9.13. The highest BCUT2D eigenvalue weighted by atomic mass is 35.5. The summed E-state index contributed by atoms with van der Waals surface area (Å²) in [5.41, 5.74) is 1.89. The molecule has 0 aliphatic carbocycles. The lowest BCUT2D eigenvalue weighted by atomic mass is 9.97. The van der Waals surface area contributed by atoms with E-state index in [4.69, 9.17) is 16.6 Å². The fraction of sp³-hybridized carbons (Fsp3) is 0.316. The maximum Gasteiger partial charge on any atom is 0.337 e. The van der Waals surface area contributed by atoms with Crippen molar-refractivity contribution in [1.82, 2.24) is 14.9 Å². The number of hydrogen-bond donors (Lipinski definition) is 1. The van der Waals surface area contributed by atoms with Crippen LogP contribution in [0.25, 0.3) is 10.2 Å². The van der Waals surface area contributed by atoms with E-state index in [-0.39, 0.29) is 5.56 Å². The first-order valence-electron chi connectivity index (χ1n) is 8.55. The summed E-state index contributed by atoms with van der Waals surface area (Å²) in [5, 5.41) is 11.2. The predicted molar refractivity (Wildman–Crippen MR) is 103 cm³/mol. The van der Waals surface area contributed by atoms with E-state index in [1.165, 1.54) is 9.71 Å². The molecule has 1 saturated heterocycles. The Balaban J connectivity index is 1.43. The number of aromatic nitrogens is 2. The number of fused-ring (bicyclic) bond motifs is 1. The van der Waals surface area contributed by atoms with Crippen molar-refractivity contribution in [3.8, 4) is 0 Å². The number of benzene rings is 1. The van der Waals surface area contributed by atoms with E-state index in [0.717, 1.165) is 31.4 Å². The molecule has 0 spiro atoms. The third-order valence-corrected chi connectivity index (χ3v) is 6.23. The van der Waals surface area contributed by atoms with E-state index in [9.17, 15) is 9.90 Å². The van der Waals surface area contributed by atoms with E-state index < -0.39 is 5.97 Å². The molecular formula is C19H18ClN3O2S. The van der Waals surface area contributed by atoms with Crippen LogP contribution in [-0.4, -0.2) is 39.0 Å². The number of hydrogen-bond acceptors (Lipinski definition) is 5. The van der Waals surface area contributed by atoms with Gasteiger partial charge in [-0.1, -0.05) is 11.6 Å². The molecular weight excluding hydrogens is 370 g/mol. The third-order valence-electron chi connectivity index (χ3n) is 4.80. The van der Waals surface area contributed by atoms with E-state index in [1.807, 2.05) is 18.2 Å². The molecule has 5 nitrogen and oxygen atoms in total. The molecule has 1 N–H and O–H groups in total. The average molecular weight is 388 g/mol. The molecule has 0 radical (unpaired) electrons. The number of pyridine rings is 1. The molecule has 0 bridgehead atoms. The van der Waals surface area contributed by atoms with Gasteiger partial charge in [0.1, 0.15) is 0 Å². The molecule has 134 valence electrons. The van der Waals surface area contributed by atoms with Crippen LogP contribution < -0.4 is 0 Å². The zero-order valence-corrected chi connectivity index (χ0v) is 15.6. The highest BCUT2D eigenvalue weighted by molar-refractivity contribution is 7.18. The lowest BCUT2D eigenvalue weighted by molar-refractivity contribution is 0.0693. The summed E-state index contributed by atoms with van der Waals surface area (Å²) in [6.07, 6.45) is 3.69. The Morgan fingerprint density at radius 3 is 2.88 bits per heavy atom. The number of likely N-dealkylation sites (tertiary alicyclic amines) is 1. The molecule has 26 heavy (non-hydrogen) atoms. The summed E-state index contributed by atoms with van der Waals surface area (Å²) >= 11 is 7.80. The van der Waals surface area contributed by atoms with Crippen LogP contribution in [0.5, 0.6) is 0 Å². The van der Waals surface area contributed by atoms with Crippen molar-refractivity contribution in [2.75, 3.05) is 13.1 Å². The first-order valence-corrected chi connectivity index (χ1v) is 9.75. The summed E-state index contributed by atoms with van der Waals surface area (Å²) in [5.74, 6) is -0.471. The second kappa shape index (κ2) is 7.31. The fourth-order valence-electron chi connectivity index (χ4n) is 3.40. The monoisotopic (exact) mass is 387 g/mol. The maximum absolute atomic E-state index is 11.3. The molecule has 1 fully saturated rings. The molecule has 0 unspecified atom stereocenters. The minimum atomic E-state index is -0.920. The Hall–Kier alpha value is -2.02. The van der Waals surface area contributed by atoms with Gasteiger partial charge in [0, 0.05) is 23.7 Å². The van der Waals surface area contributed by atoms with Gasteiger partial charge in [-0.05, 0) is 56.3 Å². The van der Waals surface area contributed by atoms with E-state index in [0.29, 0.717) is 23.2 Å². The van der Waals surface area contributed by atoms with Crippen LogP contribution in [-0.2, 0) is 6.54 Å². The van der Waals surface area contributed by atoms with Crippen LogP contribution in [0, 0.1) is 0 Å². The summed E-state index contributed by atoms with van der Waals surface area (Å²) in [6.45, 7) is 2.40. The lowest BCUT2D eigenvalue weighted by Gasteiger charge is -2.30. The zero-order chi connectivity index (χ0) is 18.1. The van der Waals surface area contributed by atoms with Crippen LogP contribution in [0.3, 0.4) is 0 Å². The minimum absolute atomic E-state index is 0.290. The fourth-order valence-corrected chi connectivity index (χ4v) is 4.68. The van der Waals surface area contributed by atoms with Gasteiger partial charge < -0.3 is 5.11 Å². The number of carbonyl (C=O) groups is 1. The molecule has 0 amide bonds. The van der Waals surface area contributed by atoms with Crippen molar-refractivity contribution >= 4 is 39.1 Å². The van der Waals surface area contributed by atoms with Crippen molar-refractivity contribution in [3.63, 3.8) is 0 Å². The molecule has 1 aromatic carbocycles. The molecule has 4 rings (SSSR count). The maximum atomic E-state index is 11.3. The SMILES string of the molecule is O=C(O)c1cccnc1CN1CCC(c2nc3cc(Cl)ccc3s2)CC1. The Kier molecular flexibility index (Phi) is 4.89. The van der Waals surface area contributed by atoms with Crippen molar-refractivity contribution in [2.24, 2.45) is 0 Å². The quantitative estimate of drug-likeness (QED) is 0.717. The Morgan fingerprint density at radius 2 is 2.12 bits per heavy atom. The van der Waals surface area contributed by atoms with Gasteiger partial charge in [-0.15, -0.1) is 11.3 Å². The first kappa shape index (κ1) is 17.4. The molecule has 3 heterocycles. The van der Waals surface area contributed by atoms with Crippen LogP contribution in [0.1, 0.15) is 39.8 Å². The lowest BCUT2D eigenvalue weighted by Crippen LogP contribution is -2.33. The van der Waals surface area contributed by atoms with Crippen molar-refractivity contribution in [3.05, 3.63) is 57.8 Å². The second-order valence-electron chi connectivity index (χ2n) is 6.52. The molecule has 1 aliphatic heterocycles. The van der Waals surface area contributed by atoms with Crippen molar-refractivity contribution in [2.45, 2.75) is 25.3 Å². The van der Waals surface area contributed by atoms with Gasteiger partial charge in [-0.3, -0.25) is 9.88 Å². The number of aromatic carboxylic acids is 1. The number of rotatable bonds is 4. The number of piperidine rings is 1. The number of thiazole rings is 1. The summed E-state index contributed by atoms with van der Waals surface area (Å²) in [4.78, 5) is 22.6. The van der Waals surface area contributed by atoms with Crippen LogP contribution in [0.4, 0.5) is 0 Å². The topological polar surface area (TPSA) is 66.3 Å². The molecule has 0 atom stereocenters. The van der Waals surface area contributed by atoms with Gasteiger partial charge in [0.25, 0.3) is 0 Å². The number of nitrogens with zero attached hydrogens (tertiary/aromatic N) is 3. The normalized spacial score (nSPS) is 16.2. The minimum Gasteiger partial charge on any atom is -0.478 e. The van der Waals surface area contributed by atoms with Crippen LogP contribution in [0.15, 0.2) is 36.5 Å². The second-order valence-corrected chi connectivity index (χ2v) is 8.02. The highest BCUT2D eigenvalue weighted by Gasteiger charge is 2.24. The Labute approximate surface area is 160 Å². The number of carboxylic acid groups (broad SMARTS) is 1. The van der Waals surface area contributed by atoms with E-state index in [1.54, 1.807) is 29.7 Å². The first-order chi connectivity index (χ1) is 12.6. The van der Waals surface area contributed by atoms with Crippen LogP contribution >= 0.6 is 22.9 Å². The zero-order valence-electron chi connectivity index (χ0n) is 14.1. The predicted octanol–water partition coefficient (Wildman–Crippen LogP) is 4.42. The Morgan fingerprint density at radius 1 is 1.31 bits per heavy atom. The molecule has 7 heteroatoms. The van der Waals surface area contributed by atoms with E-state index in [2.05, 4.69) is 9.88 Å². The van der Waals surface area contributed by atoms with Gasteiger partial charge in [-0.25, -0.2) is 9.78 Å². The molecule has 3 aromatic rings. The summed E-state index contributed by atoms with van der Waals surface area (Å²) < 4.78 is 1.17. The Bertz CT molecular complexity index is 951. The van der Waals surface area contributed by atoms with Gasteiger partial charge >= 0.3 is 5.97 Å². The van der Waals surface area contributed by atoms with Crippen molar-refractivity contribution in [1.29, 1.82) is 0 Å². The number of halogens is 1.